The van der Waals surface area contributed by atoms with E-state index in [-0.39, 0.29) is 37.2 Å². The van der Waals surface area contributed by atoms with Crippen LogP contribution in [0.1, 0.15) is 25.7 Å². The van der Waals surface area contributed by atoms with E-state index in [0.29, 0.717) is 0 Å². The topological polar surface area (TPSA) is 76.2 Å². The molecule has 0 amide bonds. The average Bonchev–Trinajstić information content (AvgIpc) is 2.70. The molecule has 0 aromatic heterocycles. The van der Waals surface area contributed by atoms with Crippen molar-refractivity contribution in [3.63, 3.8) is 0 Å². The van der Waals surface area contributed by atoms with Crippen LogP contribution in [0.15, 0.2) is 0 Å². The first kappa shape index (κ1) is 36.8. The predicted molar refractivity (Wildman–Crippen MR) is 136 cm³/mol. The fraction of sp³-hybridized carbons (Fsp3) is 1.00. The van der Waals surface area contributed by atoms with Gasteiger partial charge in [0.15, 0.2) is 0 Å². The summed E-state index contributed by atoms with van der Waals surface area (Å²) < 4.78 is 27.6. The molecule has 3 N–H and O–H groups in total. The fourth-order valence-electron chi connectivity index (χ4n) is 4.01. The molecule has 1 fully saturated rings. The van der Waals surface area contributed by atoms with E-state index >= 15 is 0 Å². The van der Waals surface area contributed by atoms with Crippen molar-refractivity contribution in [1.82, 2.24) is 19.3 Å². The third-order valence-electron chi connectivity index (χ3n) is 8.26. The third-order valence-corrected chi connectivity index (χ3v) is 25.4. The molecule has 31 heavy (non-hydrogen) atoms. The van der Waals surface area contributed by atoms with Gasteiger partial charge in [0.1, 0.15) is 0 Å². The average molecular weight is 554 g/mol. The Morgan fingerprint density at radius 1 is 0.516 bits per heavy atom. The van der Waals surface area contributed by atoms with E-state index in [1.165, 1.54) is 0 Å². The molecule has 1 aliphatic heterocycles. The van der Waals surface area contributed by atoms with Crippen LogP contribution < -0.4 is 16.0 Å². The molecule has 0 spiro atoms. The second-order valence-corrected chi connectivity index (χ2v) is 31.6. The maximum Gasteiger partial charge on any atom is -0.147 e. The molecule has 12 heteroatoms. The largest absolute Gasteiger partial charge is 0.147 e. The standard InChI is InChI=1S/C12H27N4.4CH3O.3CH3.3ClH.Ti/c1-5-13-7-2-9-15-11-4-12-16-10-3-8-14-6-1;4*1-2;;;;;;;/h13-15H,1-12H2;4*1H3;3*1H3;3*1H;/q5*-1;;;;;;;+5. The summed E-state index contributed by atoms with van der Waals surface area (Å²) in [6.45, 7) is 7.44. The van der Waals surface area contributed by atoms with Crippen LogP contribution in [0.5, 0.6) is 0 Å². The van der Waals surface area contributed by atoms with E-state index in [0.717, 1.165) is 78.0 Å². The van der Waals surface area contributed by atoms with Gasteiger partial charge in [0.2, 0.25) is 0 Å². The van der Waals surface area contributed by atoms with Gasteiger partial charge in [-0.15, -0.1) is 37.2 Å². The molecular weight excluding hydrogens is 502 g/mol. The van der Waals surface area contributed by atoms with Crippen molar-refractivity contribution in [1.29, 1.82) is 0 Å². The van der Waals surface area contributed by atoms with Gasteiger partial charge in [0, 0.05) is 0 Å². The summed E-state index contributed by atoms with van der Waals surface area (Å²) in [6.07, 6.45) is 4.13. The number of nitrogens with zero attached hydrogens (tertiary/aromatic N) is 1. The fourth-order valence-corrected chi connectivity index (χ4v) is 10.9. The van der Waals surface area contributed by atoms with Crippen molar-refractivity contribution < 1.29 is 26.5 Å². The first-order valence-corrected chi connectivity index (χ1v) is 18.9. The van der Waals surface area contributed by atoms with Crippen molar-refractivity contribution >= 4 is 37.2 Å². The molecule has 196 valence electrons. The number of hydrogen-bond donors (Lipinski definition) is 3. The van der Waals surface area contributed by atoms with Gasteiger partial charge in [0.05, 0.1) is 0 Å². The molecule has 0 unspecified atom stereocenters. The van der Waals surface area contributed by atoms with Crippen molar-refractivity contribution in [2.45, 2.75) is 41.4 Å². The molecular formula is C19H51Cl3N4O4Ti. The van der Waals surface area contributed by atoms with Gasteiger partial charge < -0.3 is 0 Å². The SMILES string of the molecule is C[O][Ti]([CH3])([CH3])([CH3])([O]C)([O]C)([O]C)[N]1CCCNCCCNCCCNCCC1.Cl.Cl.Cl. The van der Waals surface area contributed by atoms with E-state index in [4.69, 9.17) is 13.3 Å². The molecule has 0 radical (unpaired) electrons. The molecule has 1 aliphatic rings. The van der Waals surface area contributed by atoms with Crippen LogP contribution in [0.25, 0.3) is 0 Å². The van der Waals surface area contributed by atoms with Gasteiger partial charge in [-0.1, -0.05) is 0 Å². The Balaban J connectivity index is -0.00000261. The van der Waals surface area contributed by atoms with Crippen LogP contribution in [-0.2, 0) is 26.5 Å². The Bertz CT molecular complexity index is 516. The second kappa shape index (κ2) is 10.9. The van der Waals surface area contributed by atoms with Gasteiger partial charge in [-0.2, -0.15) is 0 Å². The molecule has 0 atom stereocenters. The summed E-state index contributed by atoms with van der Waals surface area (Å²) in [7, 11) is 6.55. The minimum atomic E-state index is -6.33. The molecule has 1 rings (SSSR count). The molecule has 0 aromatic carbocycles. The van der Waals surface area contributed by atoms with Crippen molar-refractivity contribution in [3.8, 4) is 0 Å². The number of halogens is 3. The van der Waals surface area contributed by atoms with Crippen LogP contribution in [0.3, 0.4) is 0 Å². The van der Waals surface area contributed by atoms with Gasteiger partial charge >= 0.3 is 168 Å². The van der Waals surface area contributed by atoms with Gasteiger partial charge in [-0.3, -0.25) is 0 Å². The Hall–Kier alpha value is 1.26. The smallest absolute Gasteiger partial charge is 0.147 e. The number of hydrogen-bond acceptors (Lipinski definition) is 8. The van der Waals surface area contributed by atoms with E-state index in [9.17, 15) is 0 Å². The molecule has 0 saturated carbocycles. The summed E-state index contributed by atoms with van der Waals surface area (Å²) in [5.74, 6) is 0. The summed E-state index contributed by atoms with van der Waals surface area (Å²) in [5, 5.41) is 16.3. The molecule has 8 nitrogen and oxygen atoms in total. The Morgan fingerprint density at radius 2 is 0.774 bits per heavy atom. The zero-order valence-corrected chi connectivity index (χ0v) is 24.8. The Kier molecular flexibility index (Phi) is 12.9. The molecule has 0 aliphatic carbocycles. The summed E-state index contributed by atoms with van der Waals surface area (Å²) in [4.78, 5) is 0. The molecule has 0 aromatic rings. The molecule has 0 bridgehead atoms. The summed E-state index contributed by atoms with van der Waals surface area (Å²) >= 11 is -6.33. The van der Waals surface area contributed by atoms with E-state index in [1.54, 1.807) is 28.4 Å². The first-order valence-electron chi connectivity index (χ1n) is 10.9. The van der Waals surface area contributed by atoms with E-state index < -0.39 is 13.3 Å². The van der Waals surface area contributed by atoms with Crippen LogP contribution in [0.4, 0.5) is 0 Å². The number of nitrogens with one attached hydrogen (secondary N) is 3. The van der Waals surface area contributed by atoms with Gasteiger partial charge in [0.25, 0.3) is 0 Å². The maximum atomic E-state index is 6.36. The zero-order valence-electron chi connectivity index (χ0n) is 20.8. The minimum absolute atomic E-state index is 0. The normalized spacial score (nSPS) is 23.8. The molecule has 1 heterocycles. The van der Waals surface area contributed by atoms with Crippen LogP contribution in [0.2, 0.25) is 15.7 Å². The van der Waals surface area contributed by atoms with Crippen LogP contribution >= 0.6 is 37.2 Å². The van der Waals surface area contributed by atoms with E-state index in [2.05, 4.69) is 19.3 Å². The molecule has 1 saturated heterocycles. The van der Waals surface area contributed by atoms with E-state index in [1.807, 2.05) is 15.7 Å². The maximum absolute atomic E-state index is 6.36. The Morgan fingerprint density at radius 3 is 1.03 bits per heavy atom. The second-order valence-electron chi connectivity index (χ2n) is 11.0. The Labute approximate surface area is 204 Å². The zero-order chi connectivity index (χ0) is 21.4. The summed E-state index contributed by atoms with van der Waals surface area (Å²) in [6, 6.07) is 0. The van der Waals surface area contributed by atoms with Crippen LogP contribution in [-0.4, -0.2) is 84.2 Å². The van der Waals surface area contributed by atoms with Gasteiger partial charge in [-0.25, -0.2) is 0 Å². The predicted octanol–water partition coefficient (Wildman–Crippen LogP) is 3.50. The van der Waals surface area contributed by atoms with Crippen LogP contribution in [0, 0.1) is 0 Å². The van der Waals surface area contributed by atoms with Crippen molar-refractivity contribution in [2.75, 3.05) is 80.8 Å². The quantitative estimate of drug-likeness (QED) is 0.447. The monoisotopic (exact) mass is 552 g/mol. The van der Waals surface area contributed by atoms with Gasteiger partial charge in [-0.05, 0) is 0 Å². The third kappa shape index (κ3) is 7.13. The minimum Gasteiger partial charge on any atom is -0.147 e. The summed E-state index contributed by atoms with van der Waals surface area (Å²) in [5.41, 5.74) is 0. The van der Waals surface area contributed by atoms with Crippen molar-refractivity contribution in [3.05, 3.63) is 0 Å². The number of rotatable bonds is 5. The van der Waals surface area contributed by atoms with Crippen molar-refractivity contribution in [2.24, 2.45) is 0 Å². The first-order chi connectivity index (χ1) is 12.9.